The number of carbonyl (C=O) groups excluding carboxylic acids is 1. The Morgan fingerprint density at radius 3 is 2.62 bits per heavy atom. The maximum Gasteiger partial charge on any atom is 0.223 e. The first kappa shape index (κ1) is 23.4. The number of aryl methyl sites for hydroxylation is 1. The van der Waals surface area contributed by atoms with E-state index in [9.17, 15) is 4.79 Å². The summed E-state index contributed by atoms with van der Waals surface area (Å²) in [6.07, 6.45) is 6.35. The Morgan fingerprint density at radius 2 is 1.93 bits per heavy atom. The van der Waals surface area contributed by atoms with Crippen molar-refractivity contribution in [3.8, 4) is 0 Å². The van der Waals surface area contributed by atoms with E-state index in [1.807, 2.05) is 24.4 Å². The van der Waals surface area contributed by atoms with Crippen molar-refractivity contribution >= 4 is 18.3 Å². The molecule has 29 heavy (non-hydrogen) atoms. The molecular weight excluding hydrogens is 382 g/mol. The second-order valence-electron chi connectivity index (χ2n) is 8.07. The van der Waals surface area contributed by atoms with E-state index in [2.05, 4.69) is 53.3 Å². The van der Waals surface area contributed by atoms with Crippen molar-refractivity contribution in [3.63, 3.8) is 0 Å². The van der Waals surface area contributed by atoms with Crippen LogP contribution in [-0.4, -0.2) is 34.9 Å². The lowest BCUT2D eigenvalue weighted by Gasteiger charge is -2.31. The van der Waals surface area contributed by atoms with Crippen LogP contribution in [0.3, 0.4) is 0 Å². The molecule has 1 aliphatic rings. The van der Waals surface area contributed by atoms with E-state index in [-0.39, 0.29) is 18.3 Å². The Balaban J connectivity index is 0.00000300. The first-order valence-corrected chi connectivity index (χ1v) is 10.6. The minimum Gasteiger partial charge on any atom is -0.334 e. The van der Waals surface area contributed by atoms with Gasteiger partial charge in [0.05, 0.1) is 12.2 Å². The van der Waals surface area contributed by atoms with Gasteiger partial charge < -0.3 is 10.2 Å². The fourth-order valence-corrected chi connectivity index (χ4v) is 3.86. The molecule has 0 radical (unpaired) electrons. The molecule has 0 aliphatic carbocycles. The van der Waals surface area contributed by atoms with E-state index in [4.69, 9.17) is 0 Å². The number of halogens is 1. The molecule has 0 spiro atoms. The van der Waals surface area contributed by atoms with Crippen molar-refractivity contribution in [2.75, 3.05) is 13.1 Å². The number of pyridine rings is 1. The number of nitrogens with zero attached hydrogens (tertiary/aromatic N) is 2. The number of amides is 1. The summed E-state index contributed by atoms with van der Waals surface area (Å²) in [6, 6.07) is 14.9. The van der Waals surface area contributed by atoms with Crippen LogP contribution in [0.1, 0.15) is 62.3 Å². The summed E-state index contributed by atoms with van der Waals surface area (Å²) < 4.78 is 0. The highest BCUT2D eigenvalue weighted by Gasteiger charge is 2.24. The van der Waals surface area contributed by atoms with Crippen molar-refractivity contribution < 1.29 is 4.79 Å². The van der Waals surface area contributed by atoms with Crippen LogP contribution in [0, 0.1) is 0 Å². The predicted molar refractivity (Wildman–Crippen MR) is 121 cm³/mol. The molecule has 2 aromatic rings. The third kappa shape index (κ3) is 7.13. The molecule has 1 unspecified atom stereocenters. The topological polar surface area (TPSA) is 45.2 Å². The molecule has 1 saturated heterocycles. The molecule has 0 saturated carbocycles. The number of aromatic nitrogens is 1. The van der Waals surface area contributed by atoms with Crippen molar-refractivity contribution in [3.05, 3.63) is 65.5 Å². The summed E-state index contributed by atoms with van der Waals surface area (Å²) in [7, 11) is 0. The highest BCUT2D eigenvalue weighted by Crippen LogP contribution is 2.19. The molecule has 4 nitrogen and oxygen atoms in total. The van der Waals surface area contributed by atoms with Crippen molar-refractivity contribution in [1.29, 1.82) is 0 Å². The molecule has 1 aromatic carbocycles. The molecule has 1 aliphatic heterocycles. The Labute approximate surface area is 181 Å². The van der Waals surface area contributed by atoms with Crippen LogP contribution in [0.4, 0.5) is 0 Å². The summed E-state index contributed by atoms with van der Waals surface area (Å²) in [5.41, 5.74) is 3.55. The largest absolute Gasteiger partial charge is 0.334 e. The fourth-order valence-electron chi connectivity index (χ4n) is 3.86. The zero-order valence-corrected chi connectivity index (χ0v) is 18.5. The van der Waals surface area contributed by atoms with Crippen LogP contribution >= 0.6 is 12.4 Å². The molecule has 158 valence electrons. The minimum absolute atomic E-state index is 0. The lowest BCUT2D eigenvalue weighted by atomic mass is 10.00. The van der Waals surface area contributed by atoms with Crippen LogP contribution in [0.5, 0.6) is 0 Å². The molecule has 3 rings (SSSR count). The number of benzene rings is 1. The van der Waals surface area contributed by atoms with E-state index in [0.717, 1.165) is 44.5 Å². The van der Waals surface area contributed by atoms with Crippen LogP contribution in [-0.2, 0) is 17.8 Å². The molecule has 1 amide bonds. The number of carbonyl (C=O) groups is 1. The summed E-state index contributed by atoms with van der Waals surface area (Å²) in [5, 5.41) is 3.45. The zero-order valence-electron chi connectivity index (χ0n) is 17.6. The Morgan fingerprint density at radius 1 is 1.14 bits per heavy atom. The van der Waals surface area contributed by atoms with Gasteiger partial charge in [-0.2, -0.15) is 0 Å². The van der Waals surface area contributed by atoms with Crippen LogP contribution in [0.2, 0.25) is 0 Å². The third-order valence-corrected chi connectivity index (χ3v) is 5.64. The third-order valence-electron chi connectivity index (χ3n) is 5.64. The maximum absolute atomic E-state index is 13.2. The van der Waals surface area contributed by atoms with Gasteiger partial charge in [-0.05, 0) is 68.0 Å². The number of hydrogen-bond acceptors (Lipinski definition) is 3. The van der Waals surface area contributed by atoms with E-state index < -0.39 is 0 Å². The van der Waals surface area contributed by atoms with Gasteiger partial charge in [-0.3, -0.25) is 9.78 Å². The molecule has 1 fully saturated rings. The Bertz CT molecular complexity index is 726. The second-order valence-corrected chi connectivity index (χ2v) is 8.07. The normalized spacial score (nSPS) is 16.7. The monoisotopic (exact) mass is 415 g/mol. The fraction of sp³-hybridized carbons (Fsp3) is 0.500. The van der Waals surface area contributed by atoms with Gasteiger partial charge in [-0.25, -0.2) is 0 Å². The van der Waals surface area contributed by atoms with Crippen LogP contribution < -0.4 is 5.32 Å². The smallest absolute Gasteiger partial charge is 0.223 e. The molecule has 2 heterocycles. The molecule has 0 bridgehead atoms. The standard InChI is InChI=1S/C24H33N3O.ClH/c1-19(2)21-11-8-20(9-12-21)10-13-24(28)27(18-22-6-3-4-16-26-22)23-7-5-15-25-17-14-23;/h3-4,6,8-9,11-12,16,19,23,25H,5,7,10,13-15,17-18H2,1-2H3;1H. The predicted octanol–water partition coefficient (Wildman–Crippen LogP) is 4.73. The molecule has 1 N–H and O–H groups in total. The maximum atomic E-state index is 13.2. The van der Waals surface area contributed by atoms with E-state index >= 15 is 0 Å². The summed E-state index contributed by atoms with van der Waals surface area (Å²) in [4.78, 5) is 19.7. The zero-order chi connectivity index (χ0) is 19.8. The van der Waals surface area contributed by atoms with Gasteiger partial charge in [0.1, 0.15) is 0 Å². The first-order chi connectivity index (χ1) is 13.6. The van der Waals surface area contributed by atoms with E-state index in [1.165, 1.54) is 11.1 Å². The van der Waals surface area contributed by atoms with Gasteiger partial charge in [0.2, 0.25) is 5.91 Å². The second kappa shape index (κ2) is 11.9. The van der Waals surface area contributed by atoms with Gasteiger partial charge >= 0.3 is 0 Å². The van der Waals surface area contributed by atoms with Crippen molar-refractivity contribution in [1.82, 2.24) is 15.2 Å². The van der Waals surface area contributed by atoms with E-state index in [0.29, 0.717) is 24.9 Å². The van der Waals surface area contributed by atoms with Gasteiger partial charge in [0.25, 0.3) is 0 Å². The SMILES string of the molecule is CC(C)c1ccc(CCC(=O)N(Cc2ccccn2)C2CCCNCC2)cc1.Cl. The number of hydrogen-bond donors (Lipinski definition) is 1. The van der Waals surface area contributed by atoms with Gasteiger partial charge in [-0.15, -0.1) is 12.4 Å². The first-order valence-electron chi connectivity index (χ1n) is 10.6. The minimum atomic E-state index is 0. The van der Waals surface area contributed by atoms with E-state index in [1.54, 1.807) is 0 Å². The summed E-state index contributed by atoms with van der Waals surface area (Å²) in [5.74, 6) is 0.777. The Hall–Kier alpha value is -1.91. The quantitative estimate of drug-likeness (QED) is 0.710. The van der Waals surface area contributed by atoms with Crippen molar-refractivity contribution in [2.24, 2.45) is 0 Å². The average molecular weight is 416 g/mol. The Kier molecular flexibility index (Phi) is 9.62. The van der Waals surface area contributed by atoms with Crippen LogP contribution in [0.25, 0.3) is 0 Å². The highest BCUT2D eigenvalue weighted by molar-refractivity contribution is 5.85. The van der Waals surface area contributed by atoms with Gasteiger partial charge in [0.15, 0.2) is 0 Å². The van der Waals surface area contributed by atoms with Gasteiger partial charge in [0, 0.05) is 18.7 Å². The van der Waals surface area contributed by atoms with Crippen LogP contribution in [0.15, 0.2) is 48.7 Å². The number of nitrogens with one attached hydrogen (secondary N) is 1. The molecule has 1 atom stereocenters. The average Bonchev–Trinajstić information content (AvgIpc) is 3.00. The van der Waals surface area contributed by atoms with Crippen molar-refractivity contribution in [2.45, 2.75) is 64.5 Å². The summed E-state index contributed by atoms with van der Waals surface area (Å²) >= 11 is 0. The molecule has 5 heteroatoms. The molecular formula is C24H34ClN3O. The highest BCUT2D eigenvalue weighted by atomic mass is 35.5. The number of rotatable bonds is 7. The van der Waals surface area contributed by atoms with Gasteiger partial charge in [-0.1, -0.05) is 44.2 Å². The lowest BCUT2D eigenvalue weighted by molar-refractivity contribution is -0.134. The summed E-state index contributed by atoms with van der Waals surface area (Å²) in [6.45, 7) is 7.04. The lowest BCUT2D eigenvalue weighted by Crippen LogP contribution is -2.40. The molecule has 1 aromatic heterocycles.